The van der Waals surface area contributed by atoms with Crippen molar-refractivity contribution in [1.82, 2.24) is 10.2 Å². The van der Waals surface area contributed by atoms with Gasteiger partial charge in [-0.1, -0.05) is 13.8 Å². The molecule has 2 N–H and O–H groups in total. The van der Waals surface area contributed by atoms with Crippen molar-refractivity contribution < 1.29 is 14.7 Å². The van der Waals surface area contributed by atoms with Crippen molar-refractivity contribution in [3.63, 3.8) is 0 Å². The molecule has 1 aliphatic rings. The van der Waals surface area contributed by atoms with Gasteiger partial charge in [0.05, 0.1) is 6.42 Å². The van der Waals surface area contributed by atoms with E-state index in [1.165, 1.54) is 12.8 Å². The first-order valence-corrected chi connectivity index (χ1v) is 6.66. The number of carbonyl (C=O) groups is 2. The van der Waals surface area contributed by atoms with Gasteiger partial charge >= 0.3 is 12.0 Å². The van der Waals surface area contributed by atoms with E-state index in [-0.39, 0.29) is 24.4 Å². The van der Waals surface area contributed by atoms with Crippen LogP contribution in [0.4, 0.5) is 4.79 Å². The maximum absolute atomic E-state index is 11.9. The van der Waals surface area contributed by atoms with Crippen LogP contribution in [-0.4, -0.2) is 41.6 Å². The Labute approximate surface area is 109 Å². The molecule has 5 nitrogen and oxygen atoms in total. The number of carbonyl (C=O) groups excluding carboxylic acids is 1. The standard InChI is InChI=1S/C13H24N2O3/c1-4-15(8-5-11(16)17)12(18)14-9-13(6-7-13)10(2)3/h10H,4-9H2,1-3H3,(H,14,18)(H,16,17). The second kappa shape index (κ2) is 6.07. The molecule has 1 aliphatic carbocycles. The fourth-order valence-corrected chi connectivity index (χ4v) is 2.12. The Morgan fingerprint density at radius 2 is 2.00 bits per heavy atom. The molecule has 0 atom stereocenters. The molecule has 0 heterocycles. The molecule has 0 unspecified atom stereocenters. The van der Waals surface area contributed by atoms with Crippen LogP contribution in [0.25, 0.3) is 0 Å². The molecule has 0 spiro atoms. The number of urea groups is 1. The van der Waals surface area contributed by atoms with Crippen LogP contribution < -0.4 is 5.32 Å². The van der Waals surface area contributed by atoms with E-state index in [1.807, 2.05) is 6.92 Å². The van der Waals surface area contributed by atoms with Crippen molar-refractivity contribution in [1.29, 1.82) is 0 Å². The van der Waals surface area contributed by atoms with Gasteiger partial charge in [0.25, 0.3) is 0 Å². The Hall–Kier alpha value is -1.26. The highest BCUT2D eigenvalue weighted by Crippen LogP contribution is 2.51. The van der Waals surface area contributed by atoms with Crippen LogP contribution in [0.5, 0.6) is 0 Å². The van der Waals surface area contributed by atoms with Gasteiger partial charge < -0.3 is 15.3 Å². The normalized spacial score (nSPS) is 16.4. The van der Waals surface area contributed by atoms with Crippen molar-refractivity contribution in [2.45, 2.75) is 40.0 Å². The number of carboxylic acids is 1. The quantitative estimate of drug-likeness (QED) is 0.731. The average Bonchev–Trinajstić information content (AvgIpc) is 3.07. The molecule has 5 heteroatoms. The number of nitrogens with one attached hydrogen (secondary N) is 1. The molecule has 1 rings (SSSR count). The number of hydrogen-bond donors (Lipinski definition) is 2. The van der Waals surface area contributed by atoms with Gasteiger partial charge in [0.15, 0.2) is 0 Å². The average molecular weight is 256 g/mol. The third-order valence-corrected chi connectivity index (χ3v) is 3.97. The lowest BCUT2D eigenvalue weighted by atomic mass is 9.92. The number of aliphatic carboxylic acids is 1. The van der Waals surface area contributed by atoms with E-state index in [4.69, 9.17) is 5.11 Å². The monoisotopic (exact) mass is 256 g/mol. The zero-order chi connectivity index (χ0) is 13.8. The summed E-state index contributed by atoms with van der Waals surface area (Å²) in [6, 6.07) is -0.148. The molecule has 1 fully saturated rings. The van der Waals surface area contributed by atoms with Gasteiger partial charge in [0.2, 0.25) is 0 Å². The first-order chi connectivity index (χ1) is 8.41. The van der Waals surface area contributed by atoms with Gasteiger partial charge in [0.1, 0.15) is 0 Å². The molecule has 0 aromatic rings. The van der Waals surface area contributed by atoms with Crippen molar-refractivity contribution in [2.24, 2.45) is 11.3 Å². The van der Waals surface area contributed by atoms with E-state index >= 15 is 0 Å². The van der Waals surface area contributed by atoms with E-state index in [0.717, 1.165) is 0 Å². The molecule has 0 radical (unpaired) electrons. The summed E-state index contributed by atoms with van der Waals surface area (Å²) in [7, 11) is 0. The topological polar surface area (TPSA) is 69.6 Å². The number of hydrogen-bond acceptors (Lipinski definition) is 2. The molecule has 0 bridgehead atoms. The molecule has 2 amide bonds. The summed E-state index contributed by atoms with van der Waals surface area (Å²) in [6.07, 6.45) is 2.34. The van der Waals surface area contributed by atoms with Gasteiger partial charge in [-0.3, -0.25) is 4.79 Å². The van der Waals surface area contributed by atoms with Crippen molar-refractivity contribution in [3.05, 3.63) is 0 Å². The first-order valence-electron chi connectivity index (χ1n) is 6.66. The molecule has 0 saturated heterocycles. The summed E-state index contributed by atoms with van der Waals surface area (Å²) in [5.74, 6) is -0.297. The third-order valence-electron chi connectivity index (χ3n) is 3.97. The predicted molar refractivity (Wildman–Crippen MR) is 69.4 cm³/mol. The van der Waals surface area contributed by atoms with Crippen molar-refractivity contribution in [2.75, 3.05) is 19.6 Å². The molecule has 104 valence electrons. The zero-order valence-corrected chi connectivity index (χ0v) is 11.5. The molecule has 0 aliphatic heterocycles. The van der Waals surface area contributed by atoms with Gasteiger partial charge in [-0.05, 0) is 31.1 Å². The maximum atomic E-state index is 11.9. The Morgan fingerprint density at radius 3 is 2.39 bits per heavy atom. The summed E-state index contributed by atoms with van der Waals surface area (Å²) < 4.78 is 0. The zero-order valence-electron chi connectivity index (χ0n) is 11.5. The Bertz CT molecular complexity index is 311. The summed E-state index contributed by atoms with van der Waals surface area (Å²) in [6.45, 7) is 7.73. The SMILES string of the molecule is CCN(CCC(=O)O)C(=O)NCC1(C(C)C)CC1. The maximum Gasteiger partial charge on any atom is 0.317 e. The van der Waals surface area contributed by atoms with Crippen LogP contribution in [0.2, 0.25) is 0 Å². The number of carboxylic acid groups (broad SMARTS) is 1. The van der Waals surface area contributed by atoms with E-state index in [2.05, 4.69) is 19.2 Å². The summed E-state index contributed by atoms with van der Waals surface area (Å²) in [5, 5.41) is 11.6. The van der Waals surface area contributed by atoms with Crippen molar-refractivity contribution >= 4 is 12.0 Å². The summed E-state index contributed by atoms with van der Waals surface area (Å²) >= 11 is 0. The summed E-state index contributed by atoms with van der Waals surface area (Å²) in [5.41, 5.74) is 0.280. The second-order valence-corrected chi connectivity index (χ2v) is 5.40. The minimum absolute atomic E-state index is 0.00339. The molecule has 1 saturated carbocycles. The first kappa shape index (κ1) is 14.8. The highest BCUT2D eigenvalue weighted by Gasteiger charge is 2.45. The summed E-state index contributed by atoms with van der Waals surface area (Å²) in [4.78, 5) is 24.0. The lowest BCUT2D eigenvalue weighted by Crippen LogP contribution is -2.43. The molecular formula is C13H24N2O3. The Balaban J connectivity index is 2.36. The van der Waals surface area contributed by atoms with Crippen LogP contribution in [0.3, 0.4) is 0 Å². The molecular weight excluding hydrogens is 232 g/mol. The van der Waals surface area contributed by atoms with Gasteiger partial charge in [-0.15, -0.1) is 0 Å². The second-order valence-electron chi connectivity index (χ2n) is 5.40. The van der Waals surface area contributed by atoms with Crippen LogP contribution in [-0.2, 0) is 4.79 Å². The lowest BCUT2D eigenvalue weighted by molar-refractivity contribution is -0.137. The minimum atomic E-state index is -0.873. The van der Waals surface area contributed by atoms with Crippen LogP contribution in [0.15, 0.2) is 0 Å². The fraction of sp³-hybridized carbons (Fsp3) is 0.846. The largest absolute Gasteiger partial charge is 0.481 e. The highest BCUT2D eigenvalue weighted by molar-refractivity contribution is 5.75. The molecule has 0 aromatic heterocycles. The van der Waals surface area contributed by atoms with Crippen molar-refractivity contribution in [3.8, 4) is 0 Å². The molecule has 0 aromatic carbocycles. The lowest BCUT2D eigenvalue weighted by Gasteiger charge is -2.24. The van der Waals surface area contributed by atoms with Crippen LogP contribution >= 0.6 is 0 Å². The van der Waals surface area contributed by atoms with Gasteiger partial charge in [-0.2, -0.15) is 0 Å². The highest BCUT2D eigenvalue weighted by atomic mass is 16.4. The van der Waals surface area contributed by atoms with E-state index < -0.39 is 5.97 Å². The van der Waals surface area contributed by atoms with Crippen LogP contribution in [0.1, 0.15) is 40.0 Å². The van der Waals surface area contributed by atoms with Crippen LogP contribution in [0, 0.1) is 11.3 Å². The van der Waals surface area contributed by atoms with Gasteiger partial charge in [0, 0.05) is 19.6 Å². The smallest absolute Gasteiger partial charge is 0.317 e. The Morgan fingerprint density at radius 1 is 1.39 bits per heavy atom. The molecule has 18 heavy (non-hydrogen) atoms. The Kier molecular flexibility index (Phi) is 4.99. The number of nitrogens with zero attached hydrogens (tertiary/aromatic N) is 1. The van der Waals surface area contributed by atoms with E-state index in [9.17, 15) is 9.59 Å². The third kappa shape index (κ3) is 3.89. The van der Waals surface area contributed by atoms with Gasteiger partial charge in [-0.25, -0.2) is 4.79 Å². The number of rotatable bonds is 7. The minimum Gasteiger partial charge on any atom is -0.481 e. The fourth-order valence-electron chi connectivity index (χ4n) is 2.12. The number of amides is 2. The van der Waals surface area contributed by atoms with E-state index in [1.54, 1.807) is 4.90 Å². The van der Waals surface area contributed by atoms with E-state index in [0.29, 0.717) is 19.0 Å². The predicted octanol–water partition coefficient (Wildman–Crippen LogP) is 1.93.